The number of rotatable bonds is 5. The molecule has 1 aromatic carbocycles. The van der Waals surface area contributed by atoms with E-state index in [0.29, 0.717) is 31.6 Å². The lowest BCUT2D eigenvalue weighted by molar-refractivity contribution is -0.154. The molecule has 4 nitrogen and oxygen atoms in total. The Hall–Kier alpha value is -1.83. The van der Waals surface area contributed by atoms with Crippen molar-refractivity contribution in [1.82, 2.24) is 4.90 Å². The molecular formula is C17H19F4NO3. The number of carboxylic acid groups (broad SMARTS) is 1. The van der Waals surface area contributed by atoms with E-state index in [2.05, 4.69) is 4.74 Å². The molecule has 1 aromatic rings. The van der Waals surface area contributed by atoms with Crippen LogP contribution in [-0.2, 0) is 11.3 Å². The number of likely N-dealkylation sites (tertiary alicyclic amines) is 1. The zero-order valence-corrected chi connectivity index (χ0v) is 13.5. The van der Waals surface area contributed by atoms with Gasteiger partial charge >= 0.3 is 12.1 Å². The summed E-state index contributed by atoms with van der Waals surface area (Å²) in [7, 11) is 0. The van der Waals surface area contributed by atoms with Crippen LogP contribution in [0.5, 0.6) is 5.75 Å². The Kier molecular flexibility index (Phi) is 4.66. The van der Waals surface area contributed by atoms with Crippen molar-refractivity contribution in [3.8, 4) is 5.75 Å². The SMILES string of the molecule is O=C(O)[C@@]12CCC[C@H]1CN(Cc1ccc(OCC(F)(F)F)c(F)c1)C2. The molecule has 0 bridgehead atoms. The second-order valence-corrected chi connectivity index (χ2v) is 6.89. The van der Waals surface area contributed by atoms with Crippen LogP contribution in [0.15, 0.2) is 18.2 Å². The maximum Gasteiger partial charge on any atom is 0.422 e. The Morgan fingerprint density at radius 2 is 2.16 bits per heavy atom. The molecule has 2 atom stereocenters. The molecule has 8 heteroatoms. The predicted octanol–water partition coefficient (Wildman–Crippen LogP) is 3.45. The molecule has 1 saturated heterocycles. The molecule has 138 valence electrons. The van der Waals surface area contributed by atoms with Crippen molar-refractivity contribution in [2.45, 2.75) is 32.0 Å². The van der Waals surface area contributed by atoms with Gasteiger partial charge in [0.15, 0.2) is 18.2 Å². The van der Waals surface area contributed by atoms with Gasteiger partial charge in [-0.3, -0.25) is 9.69 Å². The van der Waals surface area contributed by atoms with E-state index >= 15 is 0 Å². The van der Waals surface area contributed by atoms with Gasteiger partial charge in [0.1, 0.15) is 0 Å². The quantitative estimate of drug-likeness (QED) is 0.816. The highest BCUT2D eigenvalue weighted by Crippen LogP contribution is 2.49. The van der Waals surface area contributed by atoms with Crippen LogP contribution in [0.1, 0.15) is 24.8 Å². The lowest BCUT2D eigenvalue weighted by Crippen LogP contribution is -2.35. The highest BCUT2D eigenvalue weighted by Gasteiger charge is 2.54. The summed E-state index contributed by atoms with van der Waals surface area (Å²) in [5.41, 5.74) is -0.133. The van der Waals surface area contributed by atoms with E-state index in [9.17, 15) is 27.5 Å². The monoisotopic (exact) mass is 361 g/mol. The van der Waals surface area contributed by atoms with Crippen molar-refractivity contribution >= 4 is 5.97 Å². The maximum atomic E-state index is 13.9. The summed E-state index contributed by atoms with van der Waals surface area (Å²) in [6.45, 7) is -0.124. The molecule has 1 saturated carbocycles. The zero-order valence-electron chi connectivity index (χ0n) is 13.5. The summed E-state index contributed by atoms with van der Waals surface area (Å²) in [5, 5.41) is 9.57. The smallest absolute Gasteiger partial charge is 0.422 e. The van der Waals surface area contributed by atoms with E-state index in [1.165, 1.54) is 12.1 Å². The number of aliphatic carboxylic acids is 1. The number of hydrogen-bond acceptors (Lipinski definition) is 3. The first kappa shape index (κ1) is 18.0. The number of benzene rings is 1. The van der Waals surface area contributed by atoms with Crippen LogP contribution in [0.3, 0.4) is 0 Å². The van der Waals surface area contributed by atoms with Gasteiger partial charge in [-0.15, -0.1) is 0 Å². The number of ether oxygens (including phenoxy) is 1. The van der Waals surface area contributed by atoms with E-state index < -0.39 is 35.7 Å². The van der Waals surface area contributed by atoms with E-state index in [-0.39, 0.29) is 5.92 Å². The average molecular weight is 361 g/mol. The fraction of sp³-hybridized carbons (Fsp3) is 0.588. The summed E-state index contributed by atoms with van der Waals surface area (Å²) in [6, 6.07) is 3.84. The van der Waals surface area contributed by atoms with Crippen molar-refractivity contribution in [3.63, 3.8) is 0 Å². The molecular weight excluding hydrogens is 342 g/mol. The number of halogens is 4. The molecule has 1 aliphatic heterocycles. The van der Waals surface area contributed by atoms with Gasteiger partial charge in [-0.05, 0) is 36.5 Å². The van der Waals surface area contributed by atoms with Crippen molar-refractivity contribution in [1.29, 1.82) is 0 Å². The Bertz CT molecular complexity index is 664. The third-order valence-corrected chi connectivity index (χ3v) is 5.16. The Labute approximate surface area is 142 Å². The molecule has 1 heterocycles. The lowest BCUT2D eigenvalue weighted by Gasteiger charge is -2.23. The molecule has 25 heavy (non-hydrogen) atoms. The standard InChI is InChI=1S/C17H19F4NO3/c18-13-6-11(3-4-14(13)25-10-17(19,20)21)7-22-8-12-2-1-5-16(12,9-22)15(23)24/h3-4,6,12H,1-2,5,7-10H2,(H,23,24)/t12-,16+/m0/s1. The molecule has 0 amide bonds. The molecule has 2 aliphatic rings. The largest absolute Gasteiger partial charge is 0.481 e. The number of hydrogen-bond donors (Lipinski definition) is 1. The van der Waals surface area contributed by atoms with Crippen LogP contribution in [-0.4, -0.2) is 41.8 Å². The number of alkyl halides is 3. The highest BCUT2D eigenvalue weighted by atomic mass is 19.4. The fourth-order valence-electron chi connectivity index (χ4n) is 4.04. The van der Waals surface area contributed by atoms with Gasteiger partial charge in [0.2, 0.25) is 0 Å². The highest BCUT2D eigenvalue weighted by molar-refractivity contribution is 5.76. The summed E-state index contributed by atoms with van der Waals surface area (Å²) in [5.74, 6) is -1.97. The minimum atomic E-state index is -4.52. The second-order valence-electron chi connectivity index (χ2n) is 6.89. The van der Waals surface area contributed by atoms with E-state index in [1.54, 1.807) is 0 Å². The summed E-state index contributed by atoms with van der Waals surface area (Å²) in [6.07, 6.45) is -2.09. The van der Waals surface area contributed by atoms with Gasteiger partial charge in [-0.1, -0.05) is 12.5 Å². The van der Waals surface area contributed by atoms with Gasteiger partial charge in [0.25, 0.3) is 0 Å². The maximum absolute atomic E-state index is 13.9. The Morgan fingerprint density at radius 1 is 1.40 bits per heavy atom. The first-order valence-electron chi connectivity index (χ1n) is 8.13. The molecule has 0 aromatic heterocycles. The van der Waals surface area contributed by atoms with Crippen LogP contribution >= 0.6 is 0 Å². The average Bonchev–Trinajstić information content (AvgIpc) is 3.03. The van der Waals surface area contributed by atoms with Crippen LogP contribution < -0.4 is 4.74 Å². The predicted molar refractivity (Wildman–Crippen MR) is 80.6 cm³/mol. The molecule has 0 spiro atoms. The van der Waals surface area contributed by atoms with Crippen molar-refractivity contribution in [2.75, 3.05) is 19.7 Å². The topological polar surface area (TPSA) is 49.8 Å². The molecule has 0 unspecified atom stereocenters. The normalized spacial score (nSPS) is 26.6. The summed E-state index contributed by atoms with van der Waals surface area (Å²) in [4.78, 5) is 13.6. The van der Waals surface area contributed by atoms with Crippen LogP contribution in [0.25, 0.3) is 0 Å². The first-order valence-corrected chi connectivity index (χ1v) is 8.13. The number of nitrogens with zero attached hydrogens (tertiary/aromatic N) is 1. The number of carboxylic acids is 1. The molecule has 1 aliphatic carbocycles. The van der Waals surface area contributed by atoms with Gasteiger partial charge in [0.05, 0.1) is 5.41 Å². The molecule has 3 rings (SSSR count). The van der Waals surface area contributed by atoms with E-state index in [0.717, 1.165) is 18.9 Å². The number of fused-ring (bicyclic) bond motifs is 1. The minimum Gasteiger partial charge on any atom is -0.481 e. The van der Waals surface area contributed by atoms with E-state index in [4.69, 9.17) is 0 Å². The molecule has 2 fully saturated rings. The van der Waals surface area contributed by atoms with Crippen LogP contribution in [0, 0.1) is 17.2 Å². The van der Waals surface area contributed by atoms with Crippen LogP contribution in [0.2, 0.25) is 0 Å². The third kappa shape index (κ3) is 3.73. The van der Waals surface area contributed by atoms with Gasteiger partial charge in [0, 0.05) is 19.6 Å². The first-order chi connectivity index (χ1) is 11.7. The van der Waals surface area contributed by atoms with Crippen molar-refractivity contribution < 1.29 is 32.2 Å². The molecule has 1 N–H and O–H groups in total. The Balaban J connectivity index is 1.64. The van der Waals surface area contributed by atoms with Gasteiger partial charge < -0.3 is 9.84 Å². The second kappa shape index (κ2) is 6.48. The minimum absolute atomic E-state index is 0.101. The molecule has 0 radical (unpaired) electrons. The van der Waals surface area contributed by atoms with Crippen molar-refractivity contribution in [3.05, 3.63) is 29.6 Å². The number of carbonyl (C=O) groups is 1. The van der Waals surface area contributed by atoms with Gasteiger partial charge in [-0.2, -0.15) is 13.2 Å². The van der Waals surface area contributed by atoms with E-state index in [1.807, 2.05) is 4.90 Å². The Morgan fingerprint density at radius 3 is 2.76 bits per heavy atom. The fourth-order valence-corrected chi connectivity index (χ4v) is 4.04. The van der Waals surface area contributed by atoms with Crippen LogP contribution in [0.4, 0.5) is 17.6 Å². The lowest BCUT2D eigenvalue weighted by atomic mass is 9.81. The van der Waals surface area contributed by atoms with Crippen molar-refractivity contribution in [2.24, 2.45) is 11.3 Å². The summed E-state index contributed by atoms with van der Waals surface area (Å²) < 4.78 is 54.8. The third-order valence-electron chi connectivity index (χ3n) is 5.16. The summed E-state index contributed by atoms with van der Waals surface area (Å²) >= 11 is 0. The van der Waals surface area contributed by atoms with Gasteiger partial charge in [-0.25, -0.2) is 4.39 Å². The zero-order chi connectivity index (χ0) is 18.2.